The number of carbonyl (C=O) groups excluding carboxylic acids is 1. The van der Waals surface area contributed by atoms with E-state index in [-0.39, 0.29) is 16.3 Å². The van der Waals surface area contributed by atoms with Crippen LogP contribution in [0.3, 0.4) is 0 Å². The number of anilines is 1. The Bertz CT molecular complexity index is 1320. The van der Waals surface area contributed by atoms with Crippen molar-refractivity contribution >= 4 is 21.3 Å². The zero-order chi connectivity index (χ0) is 25.3. The molecule has 3 rings (SSSR count). The molecule has 34 heavy (non-hydrogen) atoms. The summed E-state index contributed by atoms with van der Waals surface area (Å²) in [7, 11) is -3.09. The lowest BCUT2D eigenvalue weighted by atomic mass is 10.1. The molecule has 1 aromatic heterocycles. The second-order valence-corrected chi connectivity index (χ2v) is 9.62. The van der Waals surface area contributed by atoms with E-state index < -0.39 is 50.7 Å². The summed E-state index contributed by atoms with van der Waals surface area (Å²) in [6, 6.07) is 11.2. The Morgan fingerprint density at radius 3 is 2.35 bits per heavy atom. The standard InChI is InChI=1S/C22H20F4N4O3S/c1-12-18(20(31)28-15-5-4-6-17(11-15)34(3,27)32)21(30-29-19(12)22(24,25)26)33-16-9-7-14(8-10-16)13(2)23/h4-11,13,27H,1-3H3,(H,28,31). The maximum Gasteiger partial charge on any atom is 0.435 e. The van der Waals surface area contributed by atoms with Crippen molar-refractivity contribution in [2.75, 3.05) is 11.6 Å². The van der Waals surface area contributed by atoms with Gasteiger partial charge in [0.1, 0.15) is 17.5 Å². The SMILES string of the molecule is Cc1c(C(F)(F)F)nnc(Oc2ccc(C(C)F)cc2)c1C(=O)Nc1cccc(S(C)(=N)=O)c1. The summed E-state index contributed by atoms with van der Waals surface area (Å²) in [5.41, 5.74) is -1.91. The van der Waals surface area contributed by atoms with Gasteiger partial charge >= 0.3 is 6.18 Å². The molecule has 12 heteroatoms. The van der Waals surface area contributed by atoms with Gasteiger partial charge in [-0.15, -0.1) is 10.2 Å². The predicted octanol–water partition coefficient (Wildman–Crippen LogP) is 5.91. The van der Waals surface area contributed by atoms with Crippen LogP contribution in [0.4, 0.5) is 23.2 Å². The second-order valence-electron chi connectivity index (χ2n) is 7.46. The van der Waals surface area contributed by atoms with Crippen LogP contribution in [0, 0.1) is 11.7 Å². The van der Waals surface area contributed by atoms with Gasteiger partial charge in [0.05, 0.1) is 9.73 Å². The molecule has 2 aromatic carbocycles. The van der Waals surface area contributed by atoms with Crippen LogP contribution in [-0.2, 0) is 15.9 Å². The van der Waals surface area contributed by atoms with Crippen LogP contribution in [0.25, 0.3) is 0 Å². The molecule has 2 unspecified atom stereocenters. The topological polar surface area (TPSA) is 105 Å². The molecule has 2 N–H and O–H groups in total. The Kier molecular flexibility index (Phi) is 6.92. The molecule has 0 radical (unpaired) electrons. The normalized spacial score (nSPS) is 14.2. The van der Waals surface area contributed by atoms with Crippen LogP contribution < -0.4 is 10.1 Å². The maximum atomic E-state index is 13.4. The molecule has 0 fully saturated rings. The average Bonchev–Trinajstić information content (AvgIpc) is 2.73. The first kappa shape index (κ1) is 25.1. The van der Waals surface area contributed by atoms with E-state index in [1.54, 1.807) is 0 Å². The van der Waals surface area contributed by atoms with Crippen LogP contribution in [-0.4, -0.2) is 26.6 Å². The van der Waals surface area contributed by atoms with Gasteiger partial charge in [0.2, 0.25) is 0 Å². The molecular formula is C22H20F4N4O3S. The van der Waals surface area contributed by atoms with E-state index in [2.05, 4.69) is 15.5 Å². The molecular weight excluding hydrogens is 476 g/mol. The van der Waals surface area contributed by atoms with Crippen LogP contribution in [0.1, 0.15) is 40.3 Å². The minimum Gasteiger partial charge on any atom is -0.437 e. The minimum absolute atomic E-state index is 0.105. The fourth-order valence-electron chi connectivity index (χ4n) is 3.03. The molecule has 0 aliphatic rings. The molecule has 0 saturated carbocycles. The first-order valence-corrected chi connectivity index (χ1v) is 11.8. The molecule has 0 aliphatic heterocycles. The molecule has 1 heterocycles. The molecule has 1 amide bonds. The number of amides is 1. The highest BCUT2D eigenvalue weighted by molar-refractivity contribution is 7.91. The monoisotopic (exact) mass is 496 g/mol. The molecule has 180 valence electrons. The number of benzene rings is 2. The Balaban J connectivity index is 2.03. The summed E-state index contributed by atoms with van der Waals surface area (Å²) in [5.74, 6) is -1.36. The summed E-state index contributed by atoms with van der Waals surface area (Å²) in [5, 5.41) is 9.09. The summed E-state index contributed by atoms with van der Waals surface area (Å²) in [6.45, 7) is 2.40. The third-order valence-electron chi connectivity index (χ3n) is 4.78. The van der Waals surface area contributed by atoms with Gasteiger partial charge in [0, 0.05) is 16.8 Å². The quantitative estimate of drug-likeness (QED) is 0.413. The highest BCUT2D eigenvalue weighted by atomic mass is 32.2. The van der Waals surface area contributed by atoms with Gasteiger partial charge in [0.15, 0.2) is 5.69 Å². The number of halogens is 4. The minimum atomic E-state index is -4.87. The Hall–Kier alpha value is -3.54. The van der Waals surface area contributed by atoms with Crippen molar-refractivity contribution in [2.45, 2.75) is 31.1 Å². The van der Waals surface area contributed by atoms with Gasteiger partial charge < -0.3 is 10.1 Å². The van der Waals surface area contributed by atoms with Crippen molar-refractivity contribution in [3.05, 3.63) is 70.9 Å². The molecule has 0 bridgehead atoms. The lowest BCUT2D eigenvalue weighted by Gasteiger charge is -2.16. The average molecular weight is 496 g/mol. The molecule has 2 atom stereocenters. The van der Waals surface area contributed by atoms with Gasteiger partial charge in [-0.05, 0) is 55.3 Å². The summed E-state index contributed by atoms with van der Waals surface area (Å²) in [4.78, 5) is 13.2. The van der Waals surface area contributed by atoms with Gasteiger partial charge in [-0.25, -0.2) is 13.4 Å². The van der Waals surface area contributed by atoms with Crippen LogP contribution in [0.5, 0.6) is 11.6 Å². The number of hydrogen-bond donors (Lipinski definition) is 2. The predicted molar refractivity (Wildman–Crippen MR) is 117 cm³/mol. The molecule has 0 aliphatic carbocycles. The highest BCUT2D eigenvalue weighted by Gasteiger charge is 2.38. The lowest BCUT2D eigenvalue weighted by molar-refractivity contribution is -0.142. The van der Waals surface area contributed by atoms with Gasteiger partial charge in [0.25, 0.3) is 11.8 Å². The number of aromatic nitrogens is 2. The largest absolute Gasteiger partial charge is 0.437 e. The number of carbonyl (C=O) groups is 1. The number of alkyl halides is 4. The third-order valence-corrected chi connectivity index (χ3v) is 5.93. The van der Waals surface area contributed by atoms with Crippen molar-refractivity contribution in [3.8, 4) is 11.6 Å². The highest BCUT2D eigenvalue weighted by Crippen LogP contribution is 2.35. The van der Waals surface area contributed by atoms with E-state index in [0.717, 1.165) is 6.92 Å². The van der Waals surface area contributed by atoms with Crippen molar-refractivity contribution in [3.63, 3.8) is 0 Å². The van der Waals surface area contributed by atoms with Gasteiger partial charge in [-0.3, -0.25) is 4.79 Å². The fraction of sp³-hybridized carbons (Fsp3) is 0.227. The summed E-state index contributed by atoms with van der Waals surface area (Å²) < 4.78 is 78.9. The fourth-order valence-corrected chi connectivity index (χ4v) is 3.72. The van der Waals surface area contributed by atoms with Crippen molar-refractivity contribution < 1.29 is 31.3 Å². The third kappa shape index (κ3) is 5.68. The summed E-state index contributed by atoms with van der Waals surface area (Å²) in [6.07, 6.45) is -4.91. The molecule has 3 aromatic rings. The van der Waals surface area contributed by atoms with Crippen molar-refractivity contribution in [1.29, 1.82) is 4.78 Å². The Morgan fingerprint density at radius 2 is 1.79 bits per heavy atom. The number of rotatable bonds is 6. The van der Waals surface area contributed by atoms with Gasteiger partial charge in [-0.1, -0.05) is 18.2 Å². The van der Waals surface area contributed by atoms with Crippen molar-refractivity contribution in [1.82, 2.24) is 10.2 Å². The lowest BCUT2D eigenvalue weighted by Crippen LogP contribution is -2.21. The molecule has 7 nitrogen and oxygen atoms in total. The van der Waals surface area contributed by atoms with E-state index in [4.69, 9.17) is 9.52 Å². The smallest absolute Gasteiger partial charge is 0.435 e. The van der Waals surface area contributed by atoms with E-state index in [1.165, 1.54) is 61.7 Å². The number of nitrogens with zero attached hydrogens (tertiary/aromatic N) is 2. The number of ether oxygens (including phenoxy) is 1. The van der Waals surface area contributed by atoms with Crippen molar-refractivity contribution in [2.24, 2.45) is 0 Å². The van der Waals surface area contributed by atoms with Crippen LogP contribution in [0.15, 0.2) is 53.4 Å². The van der Waals surface area contributed by atoms with E-state index in [1.807, 2.05) is 0 Å². The van der Waals surface area contributed by atoms with E-state index in [0.29, 0.717) is 5.56 Å². The zero-order valence-corrected chi connectivity index (χ0v) is 19.1. The van der Waals surface area contributed by atoms with Crippen LogP contribution in [0.2, 0.25) is 0 Å². The number of nitrogens with one attached hydrogen (secondary N) is 2. The van der Waals surface area contributed by atoms with Gasteiger partial charge in [-0.2, -0.15) is 13.2 Å². The van der Waals surface area contributed by atoms with Crippen LogP contribution >= 0.6 is 0 Å². The zero-order valence-electron chi connectivity index (χ0n) is 18.2. The van der Waals surface area contributed by atoms with E-state index >= 15 is 0 Å². The first-order chi connectivity index (χ1) is 15.8. The maximum absolute atomic E-state index is 13.4. The Labute approximate surface area is 193 Å². The number of hydrogen-bond acceptors (Lipinski definition) is 6. The summed E-state index contributed by atoms with van der Waals surface area (Å²) >= 11 is 0. The Morgan fingerprint density at radius 1 is 1.15 bits per heavy atom. The van der Waals surface area contributed by atoms with E-state index in [9.17, 15) is 26.6 Å². The second kappa shape index (κ2) is 9.37. The molecule has 0 spiro atoms. The first-order valence-electron chi connectivity index (χ1n) is 9.79. The molecule has 0 saturated heterocycles.